The van der Waals surface area contributed by atoms with Gasteiger partial charge in [0.15, 0.2) is 0 Å². The van der Waals surface area contributed by atoms with E-state index in [9.17, 15) is 19.5 Å². The molecule has 7 nitrogen and oxygen atoms in total. The first-order valence-corrected chi connectivity index (χ1v) is 21.2. The average molecular weight is 738 g/mol. The van der Waals surface area contributed by atoms with Crippen molar-refractivity contribution in [2.45, 2.75) is 79.0 Å². The van der Waals surface area contributed by atoms with Gasteiger partial charge in [-0.2, -0.15) is 5.01 Å². The van der Waals surface area contributed by atoms with Gasteiger partial charge in [-0.1, -0.05) is 35.9 Å². The summed E-state index contributed by atoms with van der Waals surface area (Å²) in [5.41, 5.74) is 2.75. The molecule has 4 rings (SSSR count). The molecule has 3 amide bonds. The second-order valence-electron chi connectivity index (χ2n) is 10.2. The van der Waals surface area contributed by atoms with Gasteiger partial charge in [0, 0.05) is 17.5 Å². The maximum atomic E-state index is 12.7. The standard InChI is InChI=1S/C19H11ClN2O4.C5H11.2C4H9.CH4O.ClH.Sn/c20-11-7-8-15(23)14(9-11)17(24)21-22-18(25)12-5-1-3-10-4-2-6-13(16(10)12)19(22)26;1-3-5-4-2;2*1-3-4-2;1-2;;/h1-9,23H,(H,21,24);1,3-5H2,2H3;2*1,3-4H2,2H3;2H,1H3;1H;/q;;;;;;+1/p-1. The van der Waals surface area contributed by atoms with E-state index in [1.807, 2.05) is 0 Å². The number of carbonyl (C=O) groups excluding carboxylic acids is 3. The van der Waals surface area contributed by atoms with Crippen LogP contribution in [-0.2, 0) is 0 Å². The molecule has 0 aliphatic carbocycles. The third-order valence-corrected chi connectivity index (χ3v) is 16.4. The number of benzene rings is 3. The molecule has 1 aliphatic rings. The summed E-state index contributed by atoms with van der Waals surface area (Å²) in [6.45, 7) is 7.00. The van der Waals surface area contributed by atoms with Gasteiger partial charge in [-0.25, -0.2) is 0 Å². The molecule has 43 heavy (non-hydrogen) atoms. The number of unbranched alkanes of at least 4 members (excludes halogenated alkanes) is 4. The normalized spacial score (nSPS) is 11.5. The number of aliphatic hydroxyl groups excluding tert-OH is 1. The van der Waals surface area contributed by atoms with E-state index in [1.54, 1.807) is 56.1 Å². The molecule has 3 aromatic carbocycles. The summed E-state index contributed by atoms with van der Waals surface area (Å²) in [7, 11) is 1.00. The number of nitrogens with zero attached hydrogens (tertiary/aromatic N) is 1. The molecule has 0 spiro atoms. The van der Waals surface area contributed by atoms with Crippen LogP contribution in [0.1, 0.15) is 96.8 Å². The molecule has 3 N–H and O–H groups in total. The van der Waals surface area contributed by atoms with Gasteiger partial charge >= 0.3 is 98.8 Å². The molecule has 0 unspecified atom stereocenters. The van der Waals surface area contributed by atoms with Crippen LogP contribution in [0.3, 0.4) is 0 Å². The number of aromatic hydroxyl groups is 1. The van der Waals surface area contributed by atoms with Gasteiger partial charge < -0.3 is 22.6 Å². The van der Waals surface area contributed by atoms with E-state index in [4.69, 9.17) is 16.7 Å². The zero-order valence-electron chi connectivity index (χ0n) is 25.6. The van der Waals surface area contributed by atoms with Crippen LogP contribution in [-0.4, -0.2) is 59.8 Å². The Hall–Kier alpha value is -2.33. The molecule has 0 fully saturated rings. The van der Waals surface area contributed by atoms with Crippen molar-refractivity contribution in [3.05, 3.63) is 76.3 Å². The van der Waals surface area contributed by atoms with E-state index in [-0.39, 0.29) is 28.7 Å². The van der Waals surface area contributed by atoms with Crippen LogP contribution in [0, 0.1) is 0 Å². The number of phenols is 1. The molecule has 0 atom stereocenters. The first-order chi connectivity index (χ1) is 20.3. The number of nitrogens with one attached hydrogen (secondary N) is 1. The number of amides is 3. The molecule has 1 heterocycles. The number of imide groups is 1. The fourth-order valence-electron chi connectivity index (χ4n) is 4.84. The summed E-state index contributed by atoms with van der Waals surface area (Å²) in [5, 5.41) is 19.0. The summed E-state index contributed by atoms with van der Waals surface area (Å²) < 4.78 is 5.06. The first-order valence-electron chi connectivity index (χ1n) is 14.8. The molecular formula is C33H44Cl2N2O5Sn. The molecule has 1 aliphatic heterocycles. The second-order valence-corrected chi connectivity index (χ2v) is 19.2. The van der Waals surface area contributed by atoms with Gasteiger partial charge in [0.2, 0.25) is 0 Å². The maximum absolute atomic E-state index is 12.7. The van der Waals surface area contributed by atoms with Crippen LogP contribution in [0.15, 0.2) is 54.6 Å². The number of rotatable bonds is 12. The van der Waals surface area contributed by atoms with Crippen LogP contribution < -0.4 is 17.8 Å². The van der Waals surface area contributed by atoms with E-state index >= 15 is 0 Å². The topological polar surface area (TPSA) is 107 Å². The number of hydrazine groups is 1. The van der Waals surface area contributed by atoms with Gasteiger partial charge in [0.05, 0.1) is 16.7 Å². The molecule has 0 radical (unpaired) electrons. The number of carbonyl (C=O) groups is 3. The van der Waals surface area contributed by atoms with Gasteiger partial charge in [0.1, 0.15) is 5.75 Å². The Balaban J connectivity index is 0.000000468. The van der Waals surface area contributed by atoms with Crippen molar-refractivity contribution < 1.29 is 37.0 Å². The zero-order chi connectivity index (χ0) is 31.1. The summed E-state index contributed by atoms with van der Waals surface area (Å²) in [4.78, 5) is 37.9. The SMILES string of the molecule is CCCC[CH2][Sn+]([CH2]CCC)[CH2]CCC.CO.O=C(NN1C(=O)c2cccc3cccc(c23)C1=O)c1cc(Cl)ccc1O.[Cl-]. The Morgan fingerprint density at radius 1 is 0.814 bits per heavy atom. The summed E-state index contributed by atoms with van der Waals surface area (Å²) in [5.74, 6) is -2.42. The predicted molar refractivity (Wildman–Crippen MR) is 173 cm³/mol. The van der Waals surface area contributed by atoms with Crippen LogP contribution in [0.2, 0.25) is 18.3 Å². The largest absolute Gasteiger partial charge is 1.00 e. The van der Waals surface area contributed by atoms with Gasteiger partial charge in [-0.05, 0) is 35.7 Å². The van der Waals surface area contributed by atoms with Crippen molar-refractivity contribution in [2.24, 2.45) is 0 Å². The molecule has 10 heteroatoms. The number of hydrogen-bond donors (Lipinski definition) is 3. The fourth-order valence-corrected chi connectivity index (χ4v) is 14.2. The van der Waals surface area contributed by atoms with Crippen LogP contribution in [0.4, 0.5) is 0 Å². The van der Waals surface area contributed by atoms with Crippen LogP contribution in [0.5, 0.6) is 5.75 Å². The molecule has 234 valence electrons. The monoisotopic (exact) mass is 738 g/mol. The van der Waals surface area contributed by atoms with E-state index in [0.717, 1.165) is 12.5 Å². The Morgan fingerprint density at radius 2 is 1.33 bits per heavy atom. The van der Waals surface area contributed by atoms with E-state index < -0.39 is 37.5 Å². The molecule has 0 saturated carbocycles. The number of phenolic OH excluding ortho intramolecular Hbond substituents is 1. The molecule has 3 aromatic rings. The number of hydrogen-bond acceptors (Lipinski definition) is 5. The molecule has 0 bridgehead atoms. The quantitative estimate of drug-likeness (QED) is 0.138. The molecular weight excluding hydrogens is 694 g/mol. The van der Waals surface area contributed by atoms with Crippen molar-refractivity contribution >= 4 is 59.9 Å². The Bertz CT molecular complexity index is 1280. The van der Waals surface area contributed by atoms with Crippen molar-refractivity contribution in [3.63, 3.8) is 0 Å². The van der Waals surface area contributed by atoms with Crippen LogP contribution >= 0.6 is 11.6 Å². The van der Waals surface area contributed by atoms with Crippen molar-refractivity contribution in [1.29, 1.82) is 0 Å². The minimum Gasteiger partial charge on any atom is -1.00 e. The Labute approximate surface area is 274 Å². The number of halogens is 2. The first kappa shape index (κ1) is 38.7. The second kappa shape index (κ2) is 20.6. The van der Waals surface area contributed by atoms with Crippen molar-refractivity contribution in [2.75, 3.05) is 7.11 Å². The summed E-state index contributed by atoms with van der Waals surface area (Å²) in [6.07, 6.45) is 10.3. The van der Waals surface area contributed by atoms with E-state index in [2.05, 4.69) is 26.2 Å². The Morgan fingerprint density at radius 3 is 1.84 bits per heavy atom. The van der Waals surface area contributed by atoms with Gasteiger partial charge in [-0.15, -0.1) is 0 Å². The average Bonchev–Trinajstić information content (AvgIpc) is 3.01. The van der Waals surface area contributed by atoms with Crippen LogP contribution in [0.25, 0.3) is 10.8 Å². The summed E-state index contributed by atoms with van der Waals surface area (Å²) >= 11 is 4.98. The third-order valence-electron chi connectivity index (χ3n) is 7.09. The van der Waals surface area contributed by atoms with E-state index in [1.165, 1.54) is 56.7 Å². The number of aliphatic hydroxyl groups is 1. The van der Waals surface area contributed by atoms with Crippen molar-refractivity contribution in [1.82, 2.24) is 10.4 Å². The molecule has 0 aromatic heterocycles. The molecule has 0 saturated heterocycles. The third kappa shape index (κ3) is 11.0. The minimum atomic E-state index is -0.860. The van der Waals surface area contributed by atoms with Gasteiger partial charge in [0.25, 0.3) is 17.7 Å². The smallest absolute Gasteiger partial charge is 0.280 e. The zero-order valence-corrected chi connectivity index (χ0v) is 30.0. The fraction of sp³-hybridized carbons (Fsp3) is 0.424. The predicted octanol–water partition coefficient (Wildman–Crippen LogP) is 5.02. The Kier molecular flexibility index (Phi) is 18.5. The minimum absolute atomic E-state index is 0. The summed E-state index contributed by atoms with van der Waals surface area (Å²) in [6, 6.07) is 14.1. The van der Waals surface area contributed by atoms with E-state index in [0.29, 0.717) is 21.5 Å². The van der Waals surface area contributed by atoms with Gasteiger partial charge in [-0.3, -0.25) is 19.8 Å². The maximum Gasteiger partial charge on any atom is 0.280 e. The van der Waals surface area contributed by atoms with Crippen molar-refractivity contribution in [3.8, 4) is 5.75 Å².